The lowest BCUT2D eigenvalue weighted by Gasteiger charge is -2.08. The number of hydrogen-bond acceptors (Lipinski definition) is 7. The highest BCUT2D eigenvalue weighted by atomic mass is 16.6. The fraction of sp³-hybridized carbons (Fsp3) is 0.250. The Kier molecular flexibility index (Phi) is 6.18. The first-order valence-corrected chi connectivity index (χ1v) is 9.06. The van der Waals surface area contributed by atoms with Gasteiger partial charge in [-0.25, -0.2) is 4.98 Å². The van der Waals surface area contributed by atoms with Gasteiger partial charge in [0.1, 0.15) is 17.9 Å². The van der Waals surface area contributed by atoms with Gasteiger partial charge in [0.05, 0.1) is 10.6 Å². The van der Waals surface area contributed by atoms with Crippen LogP contribution in [0.2, 0.25) is 0 Å². The molecule has 0 bridgehead atoms. The Balaban J connectivity index is 1.48. The number of nitro groups is 1. The van der Waals surface area contributed by atoms with E-state index in [0.717, 1.165) is 5.56 Å². The van der Waals surface area contributed by atoms with Crippen molar-refractivity contribution in [2.75, 3.05) is 11.9 Å². The summed E-state index contributed by atoms with van der Waals surface area (Å²) in [7, 11) is 0. The molecular weight excluding hydrogens is 376 g/mol. The number of anilines is 1. The predicted molar refractivity (Wildman–Crippen MR) is 107 cm³/mol. The average molecular weight is 396 g/mol. The normalized spacial score (nSPS) is 10.7. The van der Waals surface area contributed by atoms with Gasteiger partial charge in [0, 0.05) is 31.3 Å². The first-order chi connectivity index (χ1) is 13.9. The van der Waals surface area contributed by atoms with E-state index in [1.54, 1.807) is 30.5 Å². The molecule has 2 heterocycles. The van der Waals surface area contributed by atoms with Crippen molar-refractivity contribution in [3.63, 3.8) is 0 Å². The first kappa shape index (κ1) is 20.0. The second-order valence-electron chi connectivity index (χ2n) is 6.49. The minimum Gasteiger partial charge on any atom is -0.459 e. The topological polar surface area (TPSA) is 116 Å². The van der Waals surface area contributed by atoms with Crippen LogP contribution in [0, 0.1) is 17.0 Å². The highest BCUT2D eigenvalue weighted by Gasteiger charge is 2.12. The number of aromatic nitrogens is 2. The number of para-hydroxylation sites is 2. The molecule has 0 spiro atoms. The Bertz CT molecular complexity index is 1110. The smallest absolute Gasteiger partial charge is 0.306 e. The van der Waals surface area contributed by atoms with Crippen molar-refractivity contribution in [1.29, 1.82) is 0 Å². The second kappa shape index (κ2) is 8.96. The minimum absolute atomic E-state index is 0.0149. The Morgan fingerprint density at radius 1 is 1.28 bits per heavy atom. The summed E-state index contributed by atoms with van der Waals surface area (Å²) in [6, 6.07) is 11.2. The van der Waals surface area contributed by atoms with E-state index in [9.17, 15) is 19.7 Å². The van der Waals surface area contributed by atoms with Crippen LogP contribution in [0.15, 0.2) is 53.5 Å². The number of esters is 1. The summed E-state index contributed by atoms with van der Waals surface area (Å²) in [5.41, 5.74) is 1.96. The molecule has 29 heavy (non-hydrogen) atoms. The van der Waals surface area contributed by atoms with Crippen LogP contribution >= 0.6 is 0 Å². The summed E-state index contributed by atoms with van der Waals surface area (Å²) < 4.78 is 6.62. The van der Waals surface area contributed by atoms with Crippen LogP contribution in [0.1, 0.15) is 24.1 Å². The maximum atomic E-state index is 12.1. The van der Waals surface area contributed by atoms with E-state index in [-0.39, 0.29) is 24.3 Å². The zero-order valence-corrected chi connectivity index (χ0v) is 15.8. The van der Waals surface area contributed by atoms with Crippen molar-refractivity contribution in [2.45, 2.75) is 26.4 Å². The number of nitro benzene ring substituents is 1. The van der Waals surface area contributed by atoms with Crippen LogP contribution in [0.5, 0.6) is 0 Å². The van der Waals surface area contributed by atoms with Gasteiger partial charge in [0.15, 0.2) is 0 Å². The van der Waals surface area contributed by atoms with Crippen molar-refractivity contribution < 1.29 is 14.5 Å². The molecule has 1 N–H and O–H groups in total. The molecule has 0 atom stereocenters. The number of nitrogens with one attached hydrogen (secondary N) is 1. The Morgan fingerprint density at radius 2 is 2.07 bits per heavy atom. The fourth-order valence-corrected chi connectivity index (χ4v) is 2.80. The molecule has 150 valence electrons. The maximum absolute atomic E-state index is 12.1. The third kappa shape index (κ3) is 5.16. The van der Waals surface area contributed by atoms with Crippen LogP contribution in [0.4, 0.5) is 11.4 Å². The maximum Gasteiger partial charge on any atom is 0.306 e. The fourth-order valence-electron chi connectivity index (χ4n) is 2.80. The van der Waals surface area contributed by atoms with Gasteiger partial charge in [-0.2, -0.15) is 0 Å². The molecule has 0 saturated carbocycles. The Hall–Kier alpha value is -3.75. The van der Waals surface area contributed by atoms with Crippen molar-refractivity contribution in [2.24, 2.45) is 0 Å². The number of nitrogens with zero attached hydrogens (tertiary/aromatic N) is 3. The Labute approximate surface area is 166 Å². The zero-order chi connectivity index (χ0) is 20.8. The van der Waals surface area contributed by atoms with Crippen LogP contribution in [-0.2, 0) is 16.1 Å². The number of carbonyl (C=O) groups excluding carboxylic acids is 1. The SMILES string of the molecule is Cc1ccc2nc(COC(=O)CCCNc3ccccc3[N+](=O)[O-])cc(=O)n2c1. The van der Waals surface area contributed by atoms with Gasteiger partial charge in [0.2, 0.25) is 0 Å². The lowest BCUT2D eigenvalue weighted by molar-refractivity contribution is -0.384. The summed E-state index contributed by atoms with van der Waals surface area (Å²) >= 11 is 0. The van der Waals surface area contributed by atoms with Crippen molar-refractivity contribution in [1.82, 2.24) is 9.38 Å². The number of carbonyl (C=O) groups is 1. The Morgan fingerprint density at radius 3 is 2.86 bits per heavy atom. The third-order valence-electron chi connectivity index (χ3n) is 4.22. The molecule has 1 aromatic carbocycles. The summed E-state index contributed by atoms with van der Waals surface area (Å²) in [6.45, 7) is 2.18. The van der Waals surface area contributed by atoms with Crippen LogP contribution in [0.3, 0.4) is 0 Å². The second-order valence-corrected chi connectivity index (χ2v) is 6.49. The number of benzene rings is 1. The van der Waals surface area contributed by atoms with E-state index >= 15 is 0 Å². The van der Waals surface area contributed by atoms with Gasteiger partial charge < -0.3 is 10.1 Å². The molecule has 0 unspecified atom stereocenters. The highest BCUT2D eigenvalue weighted by Crippen LogP contribution is 2.22. The van der Waals surface area contributed by atoms with Gasteiger partial charge >= 0.3 is 5.97 Å². The number of ether oxygens (including phenoxy) is 1. The summed E-state index contributed by atoms with van der Waals surface area (Å²) in [5, 5.41) is 13.9. The molecule has 0 fully saturated rings. The number of pyridine rings is 1. The summed E-state index contributed by atoms with van der Waals surface area (Å²) in [5.74, 6) is -0.430. The largest absolute Gasteiger partial charge is 0.459 e. The lowest BCUT2D eigenvalue weighted by Crippen LogP contribution is -2.17. The average Bonchev–Trinajstić information content (AvgIpc) is 2.70. The molecule has 3 rings (SSSR count). The summed E-state index contributed by atoms with van der Waals surface area (Å²) in [6.07, 6.45) is 2.28. The van der Waals surface area contributed by atoms with E-state index in [4.69, 9.17) is 4.74 Å². The highest BCUT2D eigenvalue weighted by molar-refractivity contribution is 5.69. The van der Waals surface area contributed by atoms with E-state index in [1.165, 1.54) is 16.5 Å². The van der Waals surface area contributed by atoms with E-state index in [0.29, 0.717) is 30.0 Å². The van der Waals surface area contributed by atoms with E-state index < -0.39 is 10.9 Å². The van der Waals surface area contributed by atoms with Gasteiger partial charge in [0.25, 0.3) is 11.2 Å². The quantitative estimate of drug-likeness (QED) is 0.269. The number of hydrogen-bond donors (Lipinski definition) is 1. The number of fused-ring (bicyclic) bond motifs is 1. The molecule has 0 saturated heterocycles. The van der Waals surface area contributed by atoms with Crippen molar-refractivity contribution >= 4 is 23.0 Å². The molecule has 0 aliphatic carbocycles. The van der Waals surface area contributed by atoms with Gasteiger partial charge in [-0.15, -0.1) is 0 Å². The molecular formula is C20H20N4O5. The van der Waals surface area contributed by atoms with Crippen LogP contribution in [-0.4, -0.2) is 26.8 Å². The molecule has 2 aromatic heterocycles. The van der Waals surface area contributed by atoms with Crippen LogP contribution < -0.4 is 10.9 Å². The van der Waals surface area contributed by atoms with Gasteiger partial charge in [-0.1, -0.05) is 18.2 Å². The molecule has 0 amide bonds. The number of aryl methyl sites for hydroxylation is 1. The molecule has 0 radical (unpaired) electrons. The van der Waals surface area contributed by atoms with Gasteiger partial charge in [-0.05, 0) is 31.0 Å². The third-order valence-corrected chi connectivity index (χ3v) is 4.22. The van der Waals surface area contributed by atoms with Crippen molar-refractivity contribution in [3.05, 3.63) is 80.4 Å². The van der Waals surface area contributed by atoms with E-state index in [2.05, 4.69) is 10.3 Å². The standard InChI is InChI=1S/C20H20N4O5/c1-14-8-9-18-22-15(11-19(25)23(18)12-14)13-29-20(26)7-4-10-21-16-5-2-3-6-17(16)24(27)28/h2-3,5-6,8-9,11-12,21H,4,7,10,13H2,1H3. The minimum atomic E-state index is -0.461. The molecule has 0 aliphatic heterocycles. The predicted octanol–water partition coefficient (Wildman–Crippen LogP) is 2.85. The molecule has 0 aliphatic rings. The van der Waals surface area contributed by atoms with E-state index in [1.807, 2.05) is 13.0 Å². The van der Waals surface area contributed by atoms with Gasteiger partial charge in [-0.3, -0.25) is 24.1 Å². The summed E-state index contributed by atoms with van der Waals surface area (Å²) in [4.78, 5) is 38.9. The first-order valence-electron chi connectivity index (χ1n) is 9.06. The zero-order valence-electron chi connectivity index (χ0n) is 15.8. The lowest BCUT2D eigenvalue weighted by atomic mass is 10.2. The molecule has 9 heteroatoms. The number of rotatable bonds is 8. The monoisotopic (exact) mass is 396 g/mol. The van der Waals surface area contributed by atoms with Crippen molar-refractivity contribution in [3.8, 4) is 0 Å². The molecule has 3 aromatic rings. The molecule has 9 nitrogen and oxygen atoms in total. The van der Waals surface area contributed by atoms with Crippen LogP contribution in [0.25, 0.3) is 5.65 Å².